The number of hydrogen-bond donors (Lipinski definition) is 2. The Kier molecular flexibility index (Phi) is 6.21. The molecule has 0 saturated carbocycles. The number of non-ortho nitro benzene ring substituents is 1. The van der Waals surface area contributed by atoms with Gasteiger partial charge >= 0.3 is 6.03 Å². The molecule has 0 unspecified atom stereocenters. The van der Waals surface area contributed by atoms with Gasteiger partial charge < -0.3 is 10.6 Å². The van der Waals surface area contributed by atoms with Crippen LogP contribution in [-0.2, 0) is 0 Å². The number of nitrogens with one attached hydrogen (secondary N) is 2. The lowest BCUT2D eigenvalue weighted by Gasteiger charge is -2.10. The summed E-state index contributed by atoms with van der Waals surface area (Å²) in [7, 11) is 0. The molecule has 7 heteroatoms. The third-order valence-corrected chi connectivity index (χ3v) is 3.36. The predicted octanol–water partition coefficient (Wildman–Crippen LogP) is 4.02. The van der Waals surface area contributed by atoms with Crippen molar-refractivity contribution in [3.8, 4) is 0 Å². The molecule has 0 saturated heterocycles. The van der Waals surface area contributed by atoms with Gasteiger partial charge in [-0.1, -0.05) is 18.2 Å². The number of carbonyl (C=O) groups is 2. The van der Waals surface area contributed by atoms with Crippen LogP contribution in [0.25, 0.3) is 6.08 Å². The Morgan fingerprint density at radius 1 is 1.12 bits per heavy atom. The number of allylic oxidation sites excluding steroid dienone is 1. The molecule has 0 aliphatic carbocycles. The van der Waals surface area contributed by atoms with Crippen LogP contribution < -0.4 is 10.6 Å². The van der Waals surface area contributed by atoms with Crippen molar-refractivity contribution >= 4 is 29.3 Å². The average molecular weight is 353 g/mol. The summed E-state index contributed by atoms with van der Waals surface area (Å²) < 4.78 is 0. The van der Waals surface area contributed by atoms with E-state index in [1.165, 1.54) is 24.3 Å². The van der Waals surface area contributed by atoms with Crippen molar-refractivity contribution in [3.63, 3.8) is 0 Å². The van der Waals surface area contributed by atoms with Crippen LogP contribution >= 0.6 is 0 Å². The summed E-state index contributed by atoms with van der Waals surface area (Å²) >= 11 is 0. The minimum absolute atomic E-state index is 0.0230. The van der Waals surface area contributed by atoms with Crippen LogP contribution in [0.1, 0.15) is 29.8 Å². The van der Waals surface area contributed by atoms with Gasteiger partial charge in [0, 0.05) is 29.4 Å². The van der Waals surface area contributed by atoms with Crippen LogP contribution in [0.2, 0.25) is 0 Å². The zero-order valence-corrected chi connectivity index (χ0v) is 14.4. The Morgan fingerprint density at radius 2 is 1.81 bits per heavy atom. The highest BCUT2D eigenvalue weighted by molar-refractivity contribution is 6.07. The summed E-state index contributed by atoms with van der Waals surface area (Å²) in [5.74, 6) is -0.241. The Labute approximate surface area is 150 Å². The molecule has 0 aliphatic rings. The maximum absolute atomic E-state index is 12.2. The lowest BCUT2D eigenvalue weighted by atomic mass is 10.1. The van der Waals surface area contributed by atoms with Crippen molar-refractivity contribution in [1.82, 2.24) is 5.32 Å². The number of amides is 2. The third kappa shape index (κ3) is 5.55. The Hall–Kier alpha value is -3.48. The minimum atomic E-state index is -0.486. The number of nitro benzene ring substituents is 1. The van der Waals surface area contributed by atoms with Gasteiger partial charge in [0.05, 0.1) is 4.92 Å². The zero-order chi connectivity index (χ0) is 19.1. The van der Waals surface area contributed by atoms with E-state index in [1.54, 1.807) is 36.4 Å². The molecule has 0 bridgehead atoms. The summed E-state index contributed by atoms with van der Waals surface area (Å²) in [6, 6.07) is 12.2. The molecule has 0 fully saturated rings. The van der Waals surface area contributed by atoms with E-state index >= 15 is 0 Å². The second-order valence-electron chi connectivity index (χ2n) is 5.88. The third-order valence-electron chi connectivity index (χ3n) is 3.36. The molecular formula is C19H19N3O4. The van der Waals surface area contributed by atoms with E-state index in [9.17, 15) is 19.7 Å². The Bertz CT molecular complexity index is 842. The number of hydrogen-bond acceptors (Lipinski definition) is 4. The van der Waals surface area contributed by atoms with E-state index < -0.39 is 4.92 Å². The Balaban J connectivity index is 2.02. The van der Waals surface area contributed by atoms with Gasteiger partial charge in [0.15, 0.2) is 5.78 Å². The SMILES string of the molecule is CC(C)NC(=O)Nc1ccc(C(=O)/C=C/c2cccc([N+](=O)[O-])c2)cc1. The number of nitro groups is 1. The van der Waals surface area contributed by atoms with Crippen molar-refractivity contribution in [3.05, 3.63) is 75.8 Å². The molecule has 7 nitrogen and oxygen atoms in total. The molecule has 2 amide bonds. The predicted molar refractivity (Wildman–Crippen MR) is 100 cm³/mol. The zero-order valence-electron chi connectivity index (χ0n) is 14.4. The summed E-state index contributed by atoms with van der Waals surface area (Å²) in [6.07, 6.45) is 2.88. The van der Waals surface area contributed by atoms with Crippen molar-refractivity contribution in [2.45, 2.75) is 19.9 Å². The van der Waals surface area contributed by atoms with Gasteiger partial charge in [-0.15, -0.1) is 0 Å². The van der Waals surface area contributed by atoms with Crippen molar-refractivity contribution < 1.29 is 14.5 Å². The van der Waals surface area contributed by atoms with Gasteiger partial charge in [0.25, 0.3) is 5.69 Å². The Morgan fingerprint density at radius 3 is 2.42 bits per heavy atom. The van der Waals surface area contributed by atoms with Crippen LogP contribution in [0.4, 0.5) is 16.2 Å². The molecule has 0 radical (unpaired) electrons. The largest absolute Gasteiger partial charge is 0.336 e. The van der Waals surface area contributed by atoms with Crippen LogP contribution in [-0.4, -0.2) is 22.8 Å². The molecule has 26 heavy (non-hydrogen) atoms. The highest BCUT2D eigenvalue weighted by Crippen LogP contribution is 2.15. The fraction of sp³-hybridized carbons (Fsp3) is 0.158. The van der Waals surface area contributed by atoms with Gasteiger partial charge in [-0.25, -0.2) is 4.79 Å². The van der Waals surface area contributed by atoms with Gasteiger partial charge in [-0.2, -0.15) is 0 Å². The fourth-order valence-electron chi connectivity index (χ4n) is 2.16. The van der Waals surface area contributed by atoms with Crippen molar-refractivity contribution in [2.24, 2.45) is 0 Å². The summed E-state index contributed by atoms with van der Waals surface area (Å²) in [5, 5.41) is 16.1. The van der Waals surface area contributed by atoms with E-state index in [2.05, 4.69) is 10.6 Å². The first-order chi connectivity index (χ1) is 12.3. The first-order valence-electron chi connectivity index (χ1n) is 7.99. The fourth-order valence-corrected chi connectivity index (χ4v) is 2.16. The lowest BCUT2D eigenvalue weighted by Crippen LogP contribution is -2.34. The molecular weight excluding hydrogens is 334 g/mol. The molecule has 0 aromatic heterocycles. The highest BCUT2D eigenvalue weighted by atomic mass is 16.6. The highest BCUT2D eigenvalue weighted by Gasteiger charge is 2.07. The monoisotopic (exact) mass is 353 g/mol. The van der Waals surface area contributed by atoms with Gasteiger partial charge in [-0.05, 0) is 49.8 Å². The van der Waals surface area contributed by atoms with Crippen molar-refractivity contribution in [1.29, 1.82) is 0 Å². The number of urea groups is 1. The lowest BCUT2D eigenvalue weighted by molar-refractivity contribution is -0.384. The summed E-state index contributed by atoms with van der Waals surface area (Å²) in [6.45, 7) is 3.71. The molecule has 2 aromatic rings. The standard InChI is InChI=1S/C19H19N3O4/c1-13(2)20-19(24)21-16-9-7-15(8-10-16)18(23)11-6-14-4-3-5-17(12-14)22(25)26/h3-13H,1-2H3,(H2,20,21,24)/b11-6+. The smallest absolute Gasteiger partial charge is 0.319 e. The van der Waals surface area contributed by atoms with E-state index in [1.807, 2.05) is 13.8 Å². The van der Waals surface area contributed by atoms with Gasteiger partial charge in [0.1, 0.15) is 0 Å². The molecule has 0 atom stereocenters. The quantitative estimate of drug-likeness (QED) is 0.354. The van der Waals surface area contributed by atoms with Gasteiger partial charge in [-0.3, -0.25) is 14.9 Å². The van der Waals surface area contributed by atoms with E-state index in [0.29, 0.717) is 16.8 Å². The topological polar surface area (TPSA) is 101 Å². The van der Waals surface area contributed by atoms with Crippen LogP contribution in [0.15, 0.2) is 54.6 Å². The van der Waals surface area contributed by atoms with Crippen molar-refractivity contribution in [2.75, 3.05) is 5.32 Å². The first-order valence-corrected chi connectivity index (χ1v) is 7.99. The van der Waals surface area contributed by atoms with Gasteiger partial charge in [0.2, 0.25) is 0 Å². The maximum Gasteiger partial charge on any atom is 0.319 e. The number of anilines is 1. The molecule has 0 aliphatic heterocycles. The maximum atomic E-state index is 12.2. The van der Waals surface area contributed by atoms with Crippen LogP contribution in [0, 0.1) is 10.1 Å². The van der Waals surface area contributed by atoms with E-state index in [4.69, 9.17) is 0 Å². The van der Waals surface area contributed by atoms with E-state index in [0.717, 1.165) is 0 Å². The second-order valence-corrected chi connectivity index (χ2v) is 5.88. The minimum Gasteiger partial charge on any atom is -0.336 e. The molecule has 2 rings (SSSR count). The molecule has 2 aromatic carbocycles. The number of benzene rings is 2. The number of nitrogens with zero attached hydrogens (tertiary/aromatic N) is 1. The number of ketones is 1. The number of rotatable bonds is 6. The summed E-state index contributed by atoms with van der Waals surface area (Å²) in [4.78, 5) is 34.1. The normalized spacial score (nSPS) is 10.7. The molecule has 2 N–H and O–H groups in total. The first kappa shape index (κ1) is 18.9. The summed E-state index contributed by atoms with van der Waals surface area (Å²) in [5.41, 5.74) is 1.55. The van der Waals surface area contributed by atoms with Crippen LogP contribution in [0.5, 0.6) is 0 Å². The molecule has 134 valence electrons. The second kappa shape index (κ2) is 8.57. The molecule has 0 heterocycles. The molecule has 0 spiro atoms. The average Bonchev–Trinajstić information content (AvgIpc) is 2.59. The van der Waals surface area contributed by atoms with Crippen LogP contribution in [0.3, 0.4) is 0 Å². The van der Waals surface area contributed by atoms with E-state index in [-0.39, 0.29) is 23.5 Å². The number of carbonyl (C=O) groups excluding carboxylic acids is 2.